The third-order valence-electron chi connectivity index (χ3n) is 4.50. The van der Waals surface area contributed by atoms with Crippen LogP contribution in [0.15, 0.2) is 42.5 Å². The van der Waals surface area contributed by atoms with Crippen LogP contribution in [0.25, 0.3) is 5.57 Å². The number of ether oxygens (including phenoxy) is 1. The predicted molar refractivity (Wildman–Crippen MR) is 112 cm³/mol. The van der Waals surface area contributed by atoms with Crippen molar-refractivity contribution in [2.75, 3.05) is 7.11 Å². The van der Waals surface area contributed by atoms with Crippen molar-refractivity contribution in [3.8, 4) is 5.75 Å². The largest absolute Gasteiger partial charge is 2.00 e. The van der Waals surface area contributed by atoms with Gasteiger partial charge in [-0.2, -0.15) is 23.8 Å². The third-order valence-corrected chi connectivity index (χ3v) is 4.50. The van der Waals surface area contributed by atoms with Crippen LogP contribution in [0.2, 0.25) is 0 Å². The minimum Gasteiger partial charge on any atom is -0.496 e. The van der Waals surface area contributed by atoms with Gasteiger partial charge in [0.15, 0.2) is 0 Å². The van der Waals surface area contributed by atoms with Crippen LogP contribution in [0, 0.1) is 12.2 Å². The van der Waals surface area contributed by atoms with Gasteiger partial charge < -0.3 is 4.74 Å². The molecule has 0 fully saturated rings. The van der Waals surface area contributed by atoms with Crippen molar-refractivity contribution < 1.29 is 30.9 Å². The molecule has 1 aromatic rings. The fourth-order valence-electron chi connectivity index (χ4n) is 3.06. The summed E-state index contributed by atoms with van der Waals surface area (Å²) >= 11 is 0. The number of methoxy groups -OCH3 is 1. The molecule has 3 rings (SSSR count). The van der Waals surface area contributed by atoms with Gasteiger partial charge in [-0.1, -0.05) is 48.0 Å². The third kappa shape index (κ3) is 6.46. The van der Waals surface area contributed by atoms with Gasteiger partial charge in [0.1, 0.15) is 5.75 Å². The van der Waals surface area contributed by atoms with Gasteiger partial charge in [-0.05, 0) is 22.0 Å². The van der Waals surface area contributed by atoms with E-state index in [1.165, 1.54) is 22.3 Å². The normalized spacial score (nSPS) is 15.1. The fourth-order valence-corrected chi connectivity index (χ4v) is 3.06. The molecule has 2 aliphatic carbocycles. The van der Waals surface area contributed by atoms with E-state index in [1.54, 1.807) is 7.11 Å². The topological polar surface area (TPSA) is 9.23 Å². The quantitative estimate of drug-likeness (QED) is 0.464. The molecule has 1 aromatic carbocycles. The molecular weight excluding hydrogens is 407 g/mol. The summed E-state index contributed by atoms with van der Waals surface area (Å²) in [6.45, 7) is 13.4. The Hall–Kier alpha value is -1.14. The molecule has 0 atom stereocenters. The molecule has 0 bridgehead atoms. The second kappa shape index (κ2) is 9.88. The van der Waals surface area contributed by atoms with E-state index < -0.39 is 0 Å². The monoisotopic (exact) mass is 438 g/mol. The molecule has 0 amide bonds. The molecule has 0 N–H and O–H groups in total. The van der Waals surface area contributed by atoms with E-state index in [0.717, 1.165) is 18.6 Å². The molecule has 142 valence electrons. The number of benzene rings is 1. The van der Waals surface area contributed by atoms with Crippen LogP contribution in [0.1, 0.15) is 71.1 Å². The maximum absolute atomic E-state index is 5.80. The Balaban J connectivity index is 0.000000526. The van der Waals surface area contributed by atoms with Crippen molar-refractivity contribution >= 4 is 5.57 Å². The van der Waals surface area contributed by atoms with Crippen LogP contribution in [0.3, 0.4) is 0 Å². The smallest absolute Gasteiger partial charge is 0.496 e. The van der Waals surface area contributed by atoms with Gasteiger partial charge in [-0.25, -0.2) is 12.2 Å². The summed E-state index contributed by atoms with van der Waals surface area (Å²) in [5.74, 6) is 1.03. The number of hydrogen-bond acceptors (Lipinski definition) is 1. The Morgan fingerprint density at radius 1 is 0.889 bits per heavy atom. The van der Waals surface area contributed by atoms with E-state index >= 15 is 0 Å². The van der Waals surface area contributed by atoms with Crippen molar-refractivity contribution in [3.05, 3.63) is 71.4 Å². The minimum atomic E-state index is 0. The first-order valence-corrected chi connectivity index (χ1v) is 9.37. The maximum Gasteiger partial charge on any atom is 2.00 e. The van der Waals surface area contributed by atoms with Crippen LogP contribution >= 0.6 is 0 Å². The minimum absolute atomic E-state index is 0. The molecule has 2 aliphatic rings. The Morgan fingerprint density at radius 3 is 1.78 bits per heavy atom. The molecule has 1 nitrogen and oxygen atoms in total. The molecule has 2 heteroatoms. The van der Waals surface area contributed by atoms with Crippen molar-refractivity contribution in [1.29, 1.82) is 0 Å². The standard InChI is InChI=1S/C20H27O.C5H5.Zr/c1-19(2,3)16-12-15(14-10-8-9-11-14)13-17(18(16)21-7)20(4,5)6;1-2-4-5-3-1;/h8,10,12-13H,9H2,1-7H3;1-3H,4H2;/q2*-1;+2. The van der Waals surface area contributed by atoms with Gasteiger partial charge in [0.2, 0.25) is 0 Å². The van der Waals surface area contributed by atoms with Gasteiger partial charge in [0.05, 0.1) is 7.11 Å². The Kier molecular flexibility index (Phi) is 8.74. The average Bonchev–Trinajstić information content (AvgIpc) is 3.27. The van der Waals surface area contributed by atoms with Crippen molar-refractivity contribution in [2.24, 2.45) is 0 Å². The van der Waals surface area contributed by atoms with Gasteiger partial charge in [0.25, 0.3) is 0 Å². The van der Waals surface area contributed by atoms with Crippen LogP contribution in [0.4, 0.5) is 0 Å². The molecule has 27 heavy (non-hydrogen) atoms. The number of hydrogen-bond donors (Lipinski definition) is 0. The number of allylic oxidation sites excluding steroid dienone is 8. The molecule has 0 unspecified atom stereocenters. The predicted octanol–water partition coefficient (Wildman–Crippen LogP) is 6.74. The zero-order valence-corrected chi connectivity index (χ0v) is 20.3. The van der Waals surface area contributed by atoms with E-state index in [1.807, 2.05) is 12.2 Å². The van der Waals surface area contributed by atoms with Gasteiger partial charge in [-0.3, -0.25) is 6.08 Å². The average molecular weight is 440 g/mol. The molecule has 0 heterocycles. The van der Waals surface area contributed by atoms with Gasteiger partial charge in [0, 0.05) is 0 Å². The van der Waals surface area contributed by atoms with Crippen LogP contribution < -0.4 is 4.74 Å². The molecule has 0 radical (unpaired) electrons. The molecule has 0 spiro atoms. The van der Waals surface area contributed by atoms with Gasteiger partial charge >= 0.3 is 26.2 Å². The van der Waals surface area contributed by atoms with Crippen LogP contribution in [-0.4, -0.2) is 7.11 Å². The summed E-state index contributed by atoms with van der Waals surface area (Å²) in [6, 6.07) is 4.54. The molecule has 0 aromatic heterocycles. The Labute approximate surface area is 185 Å². The van der Waals surface area contributed by atoms with Crippen LogP contribution in [-0.2, 0) is 37.0 Å². The van der Waals surface area contributed by atoms with E-state index in [9.17, 15) is 0 Å². The summed E-state index contributed by atoms with van der Waals surface area (Å²) in [7, 11) is 1.78. The second-order valence-corrected chi connectivity index (χ2v) is 8.80. The van der Waals surface area contributed by atoms with E-state index in [-0.39, 0.29) is 37.0 Å². The van der Waals surface area contributed by atoms with Crippen molar-refractivity contribution in [3.63, 3.8) is 0 Å². The SMILES string of the molecule is COc1c(C(C)(C)C)cc(C2=[C-]CC=C2)cc1C(C)(C)C.[C-]1=CC=CC1.[Zr+2]. The first-order valence-electron chi connectivity index (χ1n) is 9.37. The Morgan fingerprint density at radius 2 is 1.48 bits per heavy atom. The van der Waals surface area contributed by atoms with E-state index in [4.69, 9.17) is 4.74 Å². The van der Waals surface area contributed by atoms with E-state index in [2.05, 4.69) is 84.1 Å². The summed E-state index contributed by atoms with van der Waals surface area (Å²) in [4.78, 5) is 0. The molecule has 0 aliphatic heterocycles. The summed E-state index contributed by atoms with van der Waals surface area (Å²) in [5.41, 5.74) is 5.08. The fraction of sp³-hybridized carbons (Fsp3) is 0.440. The first kappa shape index (κ1) is 23.9. The van der Waals surface area contributed by atoms with E-state index in [0.29, 0.717) is 0 Å². The zero-order chi connectivity index (χ0) is 19.4. The van der Waals surface area contributed by atoms with Crippen LogP contribution in [0.5, 0.6) is 5.75 Å². The number of rotatable bonds is 2. The maximum atomic E-state index is 5.80. The summed E-state index contributed by atoms with van der Waals surface area (Å²) in [6.07, 6.45) is 18.7. The zero-order valence-electron chi connectivity index (χ0n) is 17.9. The second-order valence-electron chi connectivity index (χ2n) is 8.80. The van der Waals surface area contributed by atoms with Crippen molar-refractivity contribution in [2.45, 2.75) is 65.2 Å². The molecule has 0 saturated heterocycles. The first-order chi connectivity index (χ1) is 12.1. The summed E-state index contributed by atoms with van der Waals surface area (Å²) < 4.78 is 5.80. The van der Waals surface area contributed by atoms with Gasteiger partial charge in [-0.15, -0.1) is 30.2 Å². The Bertz CT molecular complexity index is 705. The molecule has 0 saturated carbocycles. The van der Waals surface area contributed by atoms with Crippen molar-refractivity contribution in [1.82, 2.24) is 0 Å². The summed E-state index contributed by atoms with van der Waals surface area (Å²) in [5, 5.41) is 0. The molecular formula is C25H32OZr.